The minimum atomic E-state index is -0.996. The van der Waals surface area contributed by atoms with Gasteiger partial charge in [-0.15, -0.1) is 0 Å². The summed E-state index contributed by atoms with van der Waals surface area (Å²) >= 11 is 5.70. The van der Waals surface area contributed by atoms with Gasteiger partial charge in [-0.25, -0.2) is 4.79 Å². The molecule has 1 rings (SSSR count). The van der Waals surface area contributed by atoms with Gasteiger partial charge in [0.1, 0.15) is 6.04 Å². The van der Waals surface area contributed by atoms with Crippen molar-refractivity contribution in [3.63, 3.8) is 0 Å². The van der Waals surface area contributed by atoms with Crippen LogP contribution in [0, 0.1) is 0 Å². The maximum absolute atomic E-state index is 11.7. The second-order valence-electron chi connectivity index (χ2n) is 4.27. The summed E-state index contributed by atoms with van der Waals surface area (Å²) < 4.78 is 1.55. The Kier molecular flexibility index (Phi) is 6.35. The summed E-state index contributed by atoms with van der Waals surface area (Å²) in [5, 5.41) is 15.9. The number of aliphatic carboxylic acids is 1. The summed E-state index contributed by atoms with van der Waals surface area (Å²) in [7, 11) is 0. The summed E-state index contributed by atoms with van der Waals surface area (Å²) in [5.41, 5.74) is 0. The molecular formula is C12H18ClN3O3. The van der Waals surface area contributed by atoms with E-state index in [4.69, 9.17) is 16.7 Å². The van der Waals surface area contributed by atoms with Crippen LogP contribution >= 0.6 is 11.6 Å². The van der Waals surface area contributed by atoms with Crippen molar-refractivity contribution in [3.05, 3.63) is 17.4 Å². The Morgan fingerprint density at radius 1 is 1.58 bits per heavy atom. The first-order valence-corrected chi connectivity index (χ1v) is 6.61. The van der Waals surface area contributed by atoms with E-state index in [1.807, 2.05) is 6.92 Å². The number of unbranched alkanes of at least 4 members (excludes halogenated alkanes) is 1. The molecule has 0 bridgehead atoms. The van der Waals surface area contributed by atoms with Crippen LogP contribution in [0.1, 0.15) is 32.6 Å². The molecule has 1 unspecified atom stereocenters. The third kappa shape index (κ3) is 5.74. The van der Waals surface area contributed by atoms with Crippen LogP contribution in [0.5, 0.6) is 0 Å². The van der Waals surface area contributed by atoms with Gasteiger partial charge in [0.05, 0.1) is 11.2 Å². The first-order chi connectivity index (χ1) is 9.02. The van der Waals surface area contributed by atoms with E-state index in [9.17, 15) is 9.59 Å². The molecule has 7 heteroatoms. The highest BCUT2D eigenvalue weighted by Crippen LogP contribution is 2.05. The largest absolute Gasteiger partial charge is 0.480 e. The first kappa shape index (κ1) is 15.5. The predicted molar refractivity (Wildman–Crippen MR) is 70.9 cm³/mol. The molecule has 6 nitrogen and oxygen atoms in total. The summed E-state index contributed by atoms with van der Waals surface area (Å²) in [4.78, 5) is 22.6. The van der Waals surface area contributed by atoms with Crippen molar-refractivity contribution in [1.29, 1.82) is 0 Å². The number of halogens is 1. The van der Waals surface area contributed by atoms with E-state index < -0.39 is 12.0 Å². The highest BCUT2D eigenvalue weighted by Gasteiger charge is 2.18. The van der Waals surface area contributed by atoms with Gasteiger partial charge in [0, 0.05) is 19.2 Å². The molecule has 1 aromatic rings. The van der Waals surface area contributed by atoms with E-state index in [0.717, 1.165) is 12.8 Å². The topological polar surface area (TPSA) is 84.2 Å². The number of carbonyl (C=O) groups is 2. The summed E-state index contributed by atoms with van der Waals surface area (Å²) in [6.07, 6.45) is 5.39. The Balaban J connectivity index is 2.37. The molecule has 2 N–H and O–H groups in total. The Bertz CT molecular complexity index is 434. The SMILES string of the molecule is CCCCC(NC(=O)CCn1cc(Cl)cn1)C(=O)O. The van der Waals surface area contributed by atoms with Gasteiger partial charge in [0.15, 0.2) is 0 Å². The van der Waals surface area contributed by atoms with Crippen molar-refractivity contribution in [2.45, 2.75) is 45.2 Å². The maximum Gasteiger partial charge on any atom is 0.326 e. The Labute approximate surface area is 116 Å². The van der Waals surface area contributed by atoms with E-state index in [1.165, 1.54) is 6.20 Å². The Hall–Kier alpha value is -1.56. The van der Waals surface area contributed by atoms with Crippen LogP contribution in [0.3, 0.4) is 0 Å². The fourth-order valence-corrected chi connectivity index (χ4v) is 1.77. The van der Waals surface area contributed by atoms with Crippen LogP contribution in [0.15, 0.2) is 12.4 Å². The molecule has 0 aromatic carbocycles. The number of aryl methyl sites for hydroxylation is 1. The first-order valence-electron chi connectivity index (χ1n) is 6.23. The molecule has 0 saturated heterocycles. The highest BCUT2D eigenvalue weighted by molar-refractivity contribution is 6.30. The number of carbonyl (C=O) groups excluding carboxylic acids is 1. The second-order valence-corrected chi connectivity index (χ2v) is 4.71. The predicted octanol–water partition coefficient (Wildman–Crippen LogP) is 1.69. The molecule has 0 aliphatic rings. The lowest BCUT2D eigenvalue weighted by atomic mass is 10.1. The van der Waals surface area contributed by atoms with Crippen LogP contribution < -0.4 is 5.32 Å². The average molecular weight is 288 g/mol. The molecule has 1 amide bonds. The molecule has 1 atom stereocenters. The lowest BCUT2D eigenvalue weighted by Gasteiger charge is -2.13. The van der Waals surface area contributed by atoms with Crippen molar-refractivity contribution in [2.75, 3.05) is 0 Å². The monoisotopic (exact) mass is 287 g/mol. The number of hydrogen-bond donors (Lipinski definition) is 2. The molecule has 1 heterocycles. The van der Waals surface area contributed by atoms with Crippen LogP contribution in [0.25, 0.3) is 0 Å². The number of aromatic nitrogens is 2. The zero-order chi connectivity index (χ0) is 14.3. The normalized spacial score (nSPS) is 12.1. The molecule has 0 radical (unpaired) electrons. The van der Waals surface area contributed by atoms with Gasteiger partial charge in [0.25, 0.3) is 0 Å². The molecular weight excluding hydrogens is 270 g/mol. The Morgan fingerprint density at radius 2 is 2.32 bits per heavy atom. The quantitative estimate of drug-likeness (QED) is 0.762. The minimum absolute atomic E-state index is 0.175. The molecule has 0 saturated carbocycles. The van der Waals surface area contributed by atoms with Crippen molar-refractivity contribution in [2.24, 2.45) is 0 Å². The van der Waals surface area contributed by atoms with Crippen LogP contribution in [0.4, 0.5) is 0 Å². The van der Waals surface area contributed by atoms with Gasteiger partial charge < -0.3 is 10.4 Å². The van der Waals surface area contributed by atoms with Gasteiger partial charge >= 0.3 is 5.97 Å². The van der Waals surface area contributed by atoms with Crippen molar-refractivity contribution >= 4 is 23.5 Å². The smallest absolute Gasteiger partial charge is 0.326 e. The third-order valence-corrected chi connectivity index (χ3v) is 2.84. The van der Waals surface area contributed by atoms with E-state index in [0.29, 0.717) is 18.0 Å². The zero-order valence-electron chi connectivity index (χ0n) is 10.8. The van der Waals surface area contributed by atoms with Gasteiger partial charge in [-0.3, -0.25) is 9.48 Å². The standard InChI is InChI=1S/C12H18ClN3O3/c1-2-3-4-10(12(18)19)15-11(17)5-6-16-8-9(13)7-14-16/h7-8,10H,2-6H2,1H3,(H,15,17)(H,18,19). The maximum atomic E-state index is 11.7. The molecule has 19 heavy (non-hydrogen) atoms. The van der Waals surface area contributed by atoms with Gasteiger partial charge in [-0.05, 0) is 6.42 Å². The van der Waals surface area contributed by atoms with Crippen LogP contribution in [0.2, 0.25) is 5.02 Å². The van der Waals surface area contributed by atoms with Gasteiger partial charge in [0.2, 0.25) is 5.91 Å². The highest BCUT2D eigenvalue weighted by atomic mass is 35.5. The lowest BCUT2D eigenvalue weighted by molar-refractivity contribution is -0.142. The van der Waals surface area contributed by atoms with E-state index in [2.05, 4.69) is 10.4 Å². The summed E-state index contributed by atoms with van der Waals surface area (Å²) in [6, 6.07) is -0.811. The minimum Gasteiger partial charge on any atom is -0.480 e. The van der Waals surface area contributed by atoms with E-state index in [-0.39, 0.29) is 12.3 Å². The number of carboxylic acid groups (broad SMARTS) is 1. The molecule has 0 aliphatic carbocycles. The second kappa shape index (κ2) is 7.78. The molecule has 106 valence electrons. The van der Waals surface area contributed by atoms with Crippen molar-refractivity contribution in [3.8, 4) is 0 Å². The molecule has 0 spiro atoms. The lowest BCUT2D eigenvalue weighted by Crippen LogP contribution is -2.41. The van der Waals surface area contributed by atoms with E-state index >= 15 is 0 Å². The summed E-state index contributed by atoms with van der Waals surface area (Å²) in [5.74, 6) is -1.29. The summed E-state index contributed by atoms with van der Waals surface area (Å²) in [6.45, 7) is 2.35. The van der Waals surface area contributed by atoms with E-state index in [1.54, 1.807) is 10.9 Å². The van der Waals surface area contributed by atoms with Crippen LogP contribution in [-0.4, -0.2) is 32.8 Å². The Morgan fingerprint density at radius 3 is 2.84 bits per heavy atom. The fourth-order valence-electron chi connectivity index (χ4n) is 1.61. The number of amides is 1. The zero-order valence-corrected chi connectivity index (χ0v) is 11.6. The van der Waals surface area contributed by atoms with Crippen molar-refractivity contribution in [1.82, 2.24) is 15.1 Å². The number of rotatable bonds is 8. The van der Waals surface area contributed by atoms with Gasteiger partial charge in [-0.2, -0.15) is 5.10 Å². The molecule has 1 aromatic heterocycles. The fraction of sp³-hybridized carbons (Fsp3) is 0.583. The van der Waals surface area contributed by atoms with Gasteiger partial charge in [-0.1, -0.05) is 31.4 Å². The number of nitrogens with zero attached hydrogens (tertiary/aromatic N) is 2. The average Bonchev–Trinajstić information content (AvgIpc) is 2.77. The third-order valence-electron chi connectivity index (χ3n) is 2.65. The number of nitrogens with one attached hydrogen (secondary N) is 1. The molecule has 0 aliphatic heterocycles. The number of carboxylic acids is 1. The number of hydrogen-bond acceptors (Lipinski definition) is 3. The van der Waals surface area contributed by atoms with Crippen molar-refractivity contribution < 1.29 is 14.7 Å². The molecule has 0 fully saturated rings. The van der Waals surface area contributed by atoms with Crippen LogP contribution in [-0.2, 0) is 16.1 Å².